The van der Waals surface area contributed by atoms with Gasteiger partial charge in [-0.2, -0.15) is 0 Å². The molecule has 4 aromatic rings. The molecule has 5 nitrogen and oxygen atoms in total. The number of benzene rings is 2. The number of nitrogens with one attached hydrogen (secondary N) is 1. The lowest BCUT2D eigenvalue weighted by atomic mass is 10.0. The summed E-state index contributed by atoms with van der Waals surface area (Å²) < 4.78 is 1.99. The van der Waals surface area contributed by atoms with Crippen molar-refractivity contribution in [1.82, 2.24) is 14.4 Å². The minimum Gasteiger partial charge on any atom is -0.378 e. The second-order valence-corrected chi connectivity index (χ2v) is 7.44. The molecule has 0 aliphatic rings. The molecule has 1 N–H and O–H groups in total. The summed E-state index contributed by atoms with van der Waals surface area (Å²) in [4.78, 5) is 11.3. The van der Waals surface area contributed by atoms with Gasteiger partial charge in [-0.1, -0.05) is 38.1 Å². The maximum atomic E-state index is 4.78. The molecule has 0 saturated carbocycles. The van der Waals surface area contributed by atoms with Gasteiger partial charge in [-0.15, -0.1) is 0 Å². The van der Waals surface area contributed by atoms with Crippen LogP contribution in [0.15, 0.2) is 67.0 Å². The number of hydrogen-bond donors (Lipinski definition) is 1. The van der Waals surface area contributed by atoms with E-state index in [1.165, 1.54) is 5.56 Å². The number of rotatable bonds is 5. The van der Waals surface area contributed by atoms with E-state index in [-0.39, 0.29) is 0 Å². The van der Waals surface area contributed by atoms with Crippen LogP contribution in [0.1, 0.15) is 25.3 Å². The van der Waals surface area contributed by atoms with Crippen molar-refractivity contribution >= 4 is 23.0 Å². The minimum absolute atomic E-state index is 0.514. The van der Waals surface area contributed by atoms with Crippen molar-refractivity contribution in [1.29, 1.82) is 0 Å². The summed E-state index contributed by atoms with van der Waals surface area (Å²) in [7, 11) is 4.08. The molecular weight excluding hydrogens is 346 g/mol. The van der Waals surface area contributed by atoms with Crippen molar-refractivity contribution < 1.29 is 0 Å². The zero-order chi connectivity index (χ0) is 19.7. The lowest BCUT2D eigenvalue weighted by molar-refractivity contribution is 0.867. The van der Waals surface area contributed by atoms with Gasteiger partial charge in [0.25, 0.3) is 0 Å². The van der Waals surface area contributed by atoms with Gasteiger partial charge in [-0.05, 0) is 41.8 Å². The van der Waals surface area contributed by atoms with Gasteiger partial charge in [0.2, 0.25) is 5.78 Å². The van der Waals surface area contributed by atoms with Crippen molar-refractivity contribution in [2.45, 2.75) is 19.8 Å². The first-order valence-electron chi connectivity index (χ1n) is 9.51. The van der Waals surface area contributed by atoms with Gasteiger partial charge in [0, 0.05) is 43.4 Å². The second kappa shape index (κ2) is 7.35. The highest BCUT2D eigenvalue weighted by Crippen LogP contribution is 2.32. The van der Waals surface area contributed by atoms with E-state index in [1.54, 1.807) is 6.20 Å². The Labute approximate surface area is 165 Å². The van der Waals surface area contributed by atoms with Gasteiger partial charge in [-0.25, -0.2) is 9.97 Å². The van der Waals surface area contributed by atoms with Crippen LogP contribution in [-0.2, 0) is 0 Å². The molecule has 0 radical (unpaired) electrons. The summed E-state index contributed by atoms with van der Waals surface area (Å²) in [5, 5.41) is 3.55. The van der Waals surface area contributed by atoms with Crippen LogP contribution >= 0.6 is 0 Å². The molecule has 5 heteroatoms. The molecule has 0 aliphatic heterocycles. The van der Waals surface area contributed by atoms with Gasteiger partial charge >= 0.3 is 0 Å². The van der Waals surface area contributed by atoms with Gasteiger partial charge in [-0.3, -0.25) is 4.40 Å². The molecule has 0 amide bonds. The fraction of sp³-hybridized carbons (Fsp3) is 0.217. The summed E-state index contributed by atoms with van der Waals surface area (Å²) >= 11 is 0. The third kappa shape index (κ3) is 3.43. The molecule has 142 valence electrons. The fourth-order valence-corrected chi connectivity index (χ4v) is 3.21. The van der Waals surface area contributed by atoms with Crippen LogP contribution in [0.2, 0.25) is 0 Å². The predicted molar refractivity (Wildman–Crippen MR) is 117 cm³/mol. The average Bonchev–Trinajstić information content (AvgIpc) is 3.07. The molecule has 4 rings (SSSR count). The molecule has 2 aromatic heterocycles. The standard InChI is InChI=1S/C23H25N5/c1-16(2)17-6-10-19(11-7-17)25-22-21(26-23-24-14-5-15-28(22)23)18-8-12-20(13-9-18)27(3)4/h5-16,25H,1-4H3. The Balaban J connectivity index is 1.77. The van der Waals surface area contributed by atoms with Crippen molar-refractivity contribution in [3.05, 3.63) is 72.6 Å². The molecule has 0 bridgehead atoms. The summed E-state index contributed by atoms with van der Waals surface area (Å²) in [5.74, 6) is 2.10. The van der Waals surface area contributed by atoms with E-state index in [0.717, 1.165) is 28.5 Å². The molecule has 0 saturated heterocycles. The number of anilines is 3. The van der Waals surface area contributed by atoms with Crippen molar-refractivity contribution in [2.24, 2.45) is 0 Å². The highest BCUT2D eigenvalue weighted by molar-refractivity contribution is 5.79. The van der Waals surface area contributed by atoms with Gasteiger partial charge in [0.15, 0.2) is 0 Å². The van der Waals surface area contributed by atoms with Crippen LogP contribution in [0.4, 0.5) is 17.2 Å². The van der Waals surface area contributed by atoms with Crippen LogP contribution in [0, 0.1) is 0 Å². The Morgan fingerprint density at radius 2 is 1.68 bits per heavy atom. The first kappa shape index (κ1) is 18.0. The minimum atomic E-state index is 0.514. The smallest absolute Gasteiger partial charge is 0.235 e. The third-order valence-electron chi connectivity index (χ3n) is 4.90. The first-order valence-corrected chi connectivity index (χ1v) is 9.51. The number of imidazole rings is 1. The third-order valence-corrected chi connectivity index (χ3v) is 4.90. The zero-order valence-electron chi connectivity index (χ0n) is 16.7. The number of aromatic nitrogens is 3. The van der Waals surface area contributed by atoms with E-state index in [9.17, 15) is 0 Å². The lowest BCUT2D eigenvalue weighted by Crippen LogP contribution is -2.07. The van der Waals surface area contributed by atoms with E-state index in [2.05, 4.69) is 77.6 Å². The fourth-order valence-electron chi connectivity index (χ4n) is 3.21. The van der Waals surface area contributed by atoms with Crippen LogP contribution in [-0.4, -0.2) is 28.5 Å². The summed E-state index contributed by atoms with van der Waals surface area (Å²) in [5.41, 5.74) is 5.45. The maximum absolute atomic E-state index is 4.78. The van der Waals surface area contributed by atoms with E-state index >= 15 is 0 Å². The van der Waals surface area contributed by atoms with Crippen LogP contribution in [0.25, 0.3) is 17.0 Å². The molecule has 2 aromatic carbocycles. The number of fused-ring (bicyclic) bond motifs is 1. The van der Waals surface area contributed by atoms with E-state index in [4.69, 9.17) is 4.98 Å². The monoisotopic (exact) mass is 371 g/mol. The Morgan fingerprint density at radius 3 is 2.32 bits per heavy atom. The Hall–Kier alpha value is -3.34. The summed E-state index contributed by atoms with van der Waals surface area (Å²) in [6, 6.07) is 18.9. The molecule has 0 atom stereocenters. The zero-order valence-corrected chi connectivity index (χ0v) is 16.7. The molecule has 0 aliphatic carbocycles. The number of hydrogen-bond acceptors (Lipinski definition) is 4. The van der Waals surface area contributed by atoms with E-state index in [0.29, 0.717) is 11.7 Å². The van der Waals surface area contributed by atoms with Crippen molar-refractivity contribution in [3.63, 3.8) is 0 Å². The molecule has 2 heterocycles. The highest BCUT2D eigenvalue weighted by Gasteiger charge is 2.15. The van der Waals surface area contributed by atoms with Crippen molar-refractivity contribution in [2.75, 3.05) is 24.3 Å². The number of nitrogens with zero attached hydrogens (tertiary/aromatic N) is 4. The van der Waals surface area contributed by atoms with Crippen LogP contribution in [0.5, 0.6) is 0 Å². The van der Waals surface area contributed by atoms with Crippen LogP contribution < -0.4 is 10.2 Å². The van der Waals surface area contributed by atoms with Gasteiger partial charge in [0.1, 0.15) is 11.5 Å². The quantitative estimate of drug-likeness (QED) is 0.515. The van der Waals surface area contributed by atoms with E-state index in [1.807, 2.05) is 30.8 Å². The topological polar surface area (TPSA) is 45.5 Å². The van der Waals surface area contributed by atoms with Gasteiger partial charge < -0.3 is 10.2 Å². The summed E-state index contributed by atoms with van der Waals surface area (Å²) in [6.45, 7) is 4.40. The SMILES string of the molecule is CC(C)c1ccc(Nc2c(-c3ccc(N(C)C)cc3)nc3ncccn23)cc1. The Morgan fingerprint density at radius 1 is 0.964 bits per heavy atom. The molecule has 0 unspecified atom stereocenters. The second-order valence-electron chi connectivity index (χ2n) is 7.44. The molecular formula is C23H25N5. The maximum Gasteiger partial charge on any atom is 0.235 e. The van der Waals surface area contributed by atoms with Crippen molar-refractivity contribution in [3.8, 4) is 11.3 Å². The first-order chi connectivity index (χ1) is 13.5. The lowest BCUT2D eigenvalue weighted by Gasteiger charge is -2.13. The highest BCUT2D eigenvalue weighted by atomic mass is 15.2. The molecule has 0 spiro atoms. The van der Waals surface area contributed by atoms with E-state index < -0.39 is 0 Å². The molecule has 28 heavy (non-hydrogen) atoms. The largest absolute Gasteiger partial charge is 0.378 e. The molecule has 0 fully saturated rings. The normalized spacial score (nSPS) is 11.2. The predicted octanol–water partition coefficient (Wildman–Crippen LogP) is 5.33. The van der Waals surface area contributed by atoms with Gasteiger partial charge in [0.05, 0.1) is 0 Å². The Bertz CT molecular complexity index is 1080. The van der Waals surface area contributed by atoms with Crippen LogP contribution in [0.3, 0.4) is 0 Å². The Kier molecular flexibility index (Phi) is 4.74. The summed E-state index contributed by atoms with van der Waals surface area (Å²) in [6.07, 6.45) is 3.75. The average molecular weight is 371 g/mol.